The quantitative estimate of drug-likeness (QED) is 0.490. The van der Waals surface area contributed by atoms with Crippen LogP contribution in [-0.2, 0) is 28.5 Å². The summed E-state index contributed by atoms with van der Waals surface area (Å²) in [6.45, 7) is 2.51. The van der Waals surface area contributed by atoms with Gasteiger partial charge in [0.1, 0.15) is 23.4 Å². The lowest BCUT2D eigenvalue weighted by Crippen LogP contribution is -2.54. The molecule has 2 aromatic carbocycles. The minimum atomic E-state index is -3.87. The zero-order valence-corrected chi connectivity index (χ0v) is 22.3. The van der Waals surface area contributed by atoms with E-state index < -0.39 is 56.3 Å². The Labute approximate surface area is 224 Å². The van der Waals surface area contributed by atoms with Gasteiger partial charge in [0.25, 0.3) is 0 Å². The molecule has 0 bridgehead atoms. The molecule has 2 heterocycles. The monoisotopic (exact) mass is 558 g/mol. The molecule has 2 aliphatic rings. The number of rotatable bonds is 6. The number of hydrogen-bond acceptors (Lipinski definition) is 7. The zero-order chi connectivity index (χ0) is 28.2. The van der Waals surface area contributed by atoms with Crippen molar-refractivity contribution in [1.29, 1.82) is 5.26 Å². The van der Waals surface area contributed by atoms with Gasteiger partial charge >= 0.3 is 5.76 Å². The number of nitriles is 1. The largest absolute Gasteiger partial charge is 0.438 e. The summed E-state index contributed by atoms with van der Waals surface area (Å²) in [6.07, 6.45) is 0.784. The van der Waals surface area contributed by atoms with Gasteiger partial charge in [0.05, 0.1) is 17.1 Å². The highest BCUT2D eigenvalue weighted by molar-refractivity contribution is 7.89. The summed E-state index contributed by atoms with van der Waals surface area (Å²) in [4.78, 5) is 12.1. The van der Waals surface area contributed by atoms with E-state index in [0.29, 0.717) is 18.4 Å². The van der Waals surface area contributed by atoms with Gasteiger partial charge in [-0.3, -0.25) is 0 Å². The van der Waals surface area contributed by atoms with E-state index in [9.17, 15) is 18.3 Å². The molecule has 2 unspecified atom stereocenters. The molecule has 2 atom stereocenters. The van der Waals surface area contributed by atoms with Gasteiger partial charge in [0, 0.05) is 23.7 Å². The topological polar surface area (TPSA) is 129 Å². The molecule has 206 valence electrons. The van der Waals surface area contributed by atoms with Gasteiger partial charge in [0.2, 0.25) is 15.9 Å². The highest BCUT2D eigenvalue weighted by Crippen LogP contribution is 2.54. The number of sulfonamides is 1. The Hall–Kier alpha value is -3.40. The summed E-state index contributed by atoms with van der Waals surface area (Å²) in [5.41, 5.74) is -2.35. The standard InChI is InChI=1S/C27H28F2N4O5S/c1-17-8-9-23(18-6-4-3-5-7-18)39(36,37)33(17)14-19-12-22(29)20(13-21(19)28)27(15-26(2,35)16-27)24-31-32(11-10-30)25(34)38-24/h3-7,12-13,17,23,35H,8-9,11,14-16H2,1-2H3. The Kier molecular flexibility index (Phi) is 6.73. The molecule has 9 nitrogen and oxygen atoms in total. The van der Waals surface area contributed by atoms with E-state index in [2.05, 4.69) is 5.10 Å². The minimum absolute atomic E-state index is 0.0987. The maximum Gasteiger partial charge on any atom is 0.438 e. The predicted octanol–water partition coefficient (Wildman–Crippen LogP) is 3.52. The third-order valence-electron chi connectivity index (χ3n) is 7.78. The van der Waals surface area contributed by atoms with Crippen LogP contribution in [0.15, 0.2) is 51.7 Å². The van der Waals surface area contributed by atoms with Crippen LogP contribution in [0.1, 0.15) is 67.4 Å². The fraction of sp³-hybridized carbons (Fsp3) is 0.444. The Balaban J connectivity index is 1.51. The Morgan fingerprint density at radius 3 is 2.51 bits per heavy atom. The lowest BCUT2D eigenvalue weighted by Gasteiger charge is -2.49. The molecule has 1 aliphatic carbocycles. The first-order valence-corrected chi connectivity index (χ1v) is 14.1. The van der Waals surface area contributed by atoms with E-state index in [0.717, 1.165) is 16.8 Å². The molecule has 0 spiro atoms. The van der Waals surface area contributed by atoms with Gasteiger partial charge < -0.3 is 9.52 Å². The molecule has 0 amide bonds. The van der Waals surface area contributed by atoms with Crippen molar-refractivity contribution in [3.63, 3.8) is 0 Å². The molecule has 1 N–H and O–H groups in total. The van der Waals surface area contributed by atoms with Crippen LogP contribution in [0.2, 0.25) is 0 Å². The van der Waals surface area contributed by atoms with Crippen molar-refractivity contribution in [1.82, 2.24) is 14.1 Å². The van der Waals surface area contributed by atoms with Crippen molar-refractivity contribution in [2.75, 3.05) is 0 Å². The molecule has 5 rings (SSSR count). The number of nitrogens with zero attached hydrogens (tertiary/aromatic N) is 4. The van der Waals surface area contributed by atoms with Crippen LogP contribution in [0.25, 0.3) is 0 Å². The Bertz CT molecular complexity index is 1600. The van der Waals surface area contributed by atoms with Gasteiger partial charge in [-0.15, -0.1) is 5.10 Å². The van der Waals surface area contributed by atoms with Crippen LogP contribution >= 0.6 is 0 Å². The predicted molar refractivity (Wildman–Crippen MR) is 136 cm³/mol. The SMILES string of the molecule is CC1CCC(c2ccccc2)S(=O)(=O)N1Cc1cc(F)c(C2(c3nn(CC#N)c(=O)o3)CC(C)(O)C2)cc1F. The smallest absolute Gasteiger partial charge is 0.391 e. The lowest BCUT2D eigenvalue weighted by molar-refractivity contribution is -0.0705. The molecule has 12 heteroatoms. The number of halogens is 2. The van der Waals surface area contributed by atoms with Crippen LogP contribution in [-0.4, -0.2) is 39.3 Å². The molecule has 1 aromatic heterocycles. The summed E-state index contributed by atoms with van der Waals surface area (Å²) in [7, 11) is -3.87. The number of benzene rings is 2. The maximum absolute atomic E-state index is 15.7. The fourth-order valence-corrected chi connectivity index (χ4v) is 8.16. The zero-order valence-electron chi connectivity index (χ0n) is 21.5. The first-order chi connectivity index (χ1) is 18.4. The highest BCUT2D eigenvalue weighted by atomic mass is 32.2. The number of aliphatic hydroxyl groups is 1. The van der Waals surface area contributed by atoms with Crippen LogP contribution in [0, 0.1) is 23.0 Å². The Morgan fingerprint density at radius 2 is 1.87 bits per heavy atom. The highest BCUT2D eigenvalue weighted by Gasteiger charge is 2.58. The second-order valence-corrected chi connectivity index (χ2v) is 12.8. The lowest BCUT2D eigenvalue weighted by atomic mass is 9.56. The molecule has 0 radical (unpaired) electrons. The summed E-state index contributed by atoms with van der Waals surface area (Å²) in [5.74, 6) is -2.83. The van der Waals surface area contributed by atoms with Crippen molar-refractivity contribution >= 4 is 10.0 Å². The molecule has 2 fully saturated rings. The first kappa shape index (κ1) is 27.2. The summed E-state index contributed by atoms with van der Waals surface area (Å²) in [5, 5.41) is 22.6. The molecule has 1 aliphatic heterocycles. The molecular weight excluding hydrogens is 530 g/mol. The molecular formula is C27H28F2N4O5S. The van der Waals surface area contributed by atoms with E-state index in [-0.39, 0.29) is 36.4 Å². The van der Waals surface area contributed by atoms with Crippen LogP contribution in [0.4, 0.5) is 8.78 Å². The van der Waals surface area contributed by atoms with E-state index in [1.807, 2.05) is 0 Å². The summed E-state index contributed by atoms with van der Waals surface area (Å²) in [6, 6.07) is 12.1. The van der Waals surface area contributed by atoms with E-state index in [1.165, 1.54) is 11.2 Å². The van der Waals surface area contributed by atoms with Gasteiger partial charge in [-0.05, 0) is 57.2 Å². The van der Waals surface area contributed by atoms with E-state index in [1.54, 1.807) is 43.3 Å². The van der Waals surface area contributed by atoms with E-state index in [4.69, 9.17) is 9.68 Å². The summed E-state index contributed by atoms with van der Waals surface area (Å²) < 4.78 is 65.6. The van der Waals surface area contributed by atoms with Crippen molar-refractivity contribution in [3.05, 3.63) is 87.2 Å². The Morgan fingerprint density at radius 1 is 1.18 bits per heavy atom. The molecule has 39 heavy (non-hydrogen) atoms. The third-order valence-corrected chi connectivity index (χ3v) is 10.1. The average molecular weight is 559 g/mol. The van der Waals surface area contributed by atoms with Gasteiger partial charge in [0.15, 0.2) is 0 Å². The maximum atomic E-state index is 15.7. The van der Waals surface area contributed by atoms with Crippen molar-refractivity contribution < 1.29 is 26.7 Å². The van der Waals surface area contributed by atoms with Crippen LogP contribution in [0.5, 0.6) is 0 Å². The average Bonchev–Trinajstić information content (AvgIpc) is 3.23. The second kappa shape index (κ2) is 9.66. The van der Waals surface area contributed by atoms with Crippen molar-refractivity contribution in [3.8, 4) is 6.07 Å². The minimum Gasteiger partial charge on any atom is -0.391 e. The molecule has 1 saturated carbocycles. The van der Waals surface area contributed by atoms with Gasteiger partial charge in [-0.2, -0.15) is 14.2 Å². The molecule has 1 saturated heterocycles. The number of hydrogen-bond donors (Lipinski definition) is 1. The van der Waals surface area contributed by atoms with Crippen molar-refractivity contribution in [2.45, 2.75) is 74.9 Å². The molecule has 3 aromatic rings. The van der Waals surface area contributed by atoms with Crippen LogP contribution in [0.3, 0.4) is 0 Å². The van der Waals surface area contributed by atoms with Gasteiger partial charge in [-0.25, -0.2) is 22.0 Å². The third kappa shape index (κ3) is 4.68. The fourth-order valence-electron chi connectivity index (χ4n) is 5.97. The first-order valence-electron chi connectivity index (χ1n) is 12.6. The second-order valence-electron chi connectivity index (χ2n) is 10.8. The van der Waals surface area contributed by atoms with Crippen LogP contribution < -0.4 is 5.76 Å². The number of aromatic nitrogens is 2. The van der Waals surface area contributed by atoms with E-state index >= 15 is 8.78 Å². The van der Waals surface area contributed by atoms with Gasteiger partial charge in [-0.1, -0.05) is 30.3 Å². The van der Waals surface area contributed by atoms with Crippen molar-refractivity contribution in [2.24, 2.45) is 0 Å². The normalized spacial score (nSPS) is 28.5. The summed E-state index contributed by atoms with van der Waals surface area (Å²) >= 11 is 0.